The molecule has 0 amide bonds. The van der Waals surface area contributed by atoms with Gasteiger partial charge in [0.25, 0.3) is 0 Å². The topological polar surface area (TPSA) is 94.0 Å². The first-order chi connectivity index (χ1) is 11.2. The second-order valence-corrected chi connectivity index (χ2v) is 6.11. The van der Waals surface area contributed by atoms with Crippen LogP contribution in [0.3, 0.4) is 0 Å². The maximum atomic E-state index is 6.18. The number of nitrogens with zero attached hydrogens (tertiary/aromatic N) is 5. The number of fused-ring (bicyclic) bond motifs is 1. The lowest BCUT2D eigenvalue weighted by molar-refractivity contribution is 0.455. The molecule has 0 saturated carbocycles. The Morgan fingerprint density at radius 3 is 2.83 bits per heavy atom. The summed E-state index contributed by atoms with van der Waals surface area (Å²) >= 11 is 4.12. The number of hydrogen-bond acceptors (Lipinski definition) is 7. The Morgan fingerprint density at radius 2 is 2.09 bits per heavy atom. The van der Waals surface area contributed by atoms with Gasteiger partial charge in [0.1, 0.15) is 5.82 Å². The Bertz CT molecular complexity index is 837. The number of nitrogen functional groups attached to an aromatic ring is 1. The third-order valence-corrected chi connectivity index (χ3v) is 4.41. The third kappa shape index (κ3) is 2.64. The van der Waals surface area contributed by atoms with Crippen molar-refractivity contribution in [2.24, 2.45) is 0 Å². The SMILES string of the molecule is Nc1cc(C2CCCNC2)nc2c(-c3cnc(S)nc3)cnn12. The molecule has 3 aromatic heterocycles. The van der Waals surface area contributed by atoms with Gasteiger partial charge in [0.05, 0.1) is 11.9 Å². The first kappa shape index (κ1) is 14.4. The number of nitrogens with two attached hydrogens (primary N) is 1. The van der Waals surface area contributed by atoms with Gasteiger partial charge in [0, 0.05) is 42.0 Å². The van der Waals surface area contributed by atoms with E-state index >= 15 is 0 Å². The molecule has 23 heavy (non-hydrogen) atoms. The minimum Gasteiger partial charge on any atom is -0.384 e. The van der Waals surface area contributed by atoms with Gasteiger partial charge in [-0.15, -0.1) is 12.6 Å². The number of nitrogens with one attached hydrogen (secondary N) is 1. The van der Waals surface area contributed by atoms with Crippen molar-refractivity contribution in [3.8, 4) is 11.1 Å². The highest BCUT2D eigenvalue weighted by molar-refractivity contribution is 7.80. The van der Waals surface area contributed by atoms with E-state index in [9.17, 15) is 0 Å². The maximum absolute atomic E-state index is 6.18. The van der Waals surface area contributed by atoms with Gasteiger partial charge in [-0.25, -0.2) is 15.0 Å². The van der Waals surface area contributed by atoms with Crippen LogP contribution in [-0.4, -0.2) is 37.7 Å². The minimum atomic E-state index is 0.384. The van der Waals surface area contributed by atoms with E-state index in [1.807, 2.05) is 6.07 Å². The van der Waals surface area contributed by atoms with Crippen LogP contribution in [0.1, 0.15) is 24.5 Å². The fourth-order valence-corrected chi connectivity index (χ4v) is 3.10. The van der Waals surface area contributed by atoms with E-state index in [1.54, 1.807) is 23.1 Å². The molecule has 1 saturated heterocycles. The summed E-state index contributed by atoms with van der Waals surface area (Å²) in [6.45, 7) is 2.00. The second kappa shape index (κ2) is 5.78. The van der Waals surface area contributed by atoms with Crippen LogP contribution < -0.4 is 11.1 Å². The molecule has 0 spiro atoms. The molecule has 1 fully saturated rings. The Balaban J connectivity index is 1.83. The molecule has 1 aliphatic heterocycles. The van der Waals surface area contributed by atoms with Crippen LogP contribution >= 0.6 is 12.6 Å². The van der Waals surface area contributed by atoms with Crippen molar-refractivity contribution < 1.29 is 0 Å². The van der Waals surface area contributed by atoms with Crippen LogP contribution in [0.25, 0.3) is 16.8 Å². The predicted octanol–water partition coefficient (Wildman–Crippen LogP) is 1.52. The molecule has 3 N–H and O–H groups in total. The Labute approximate surface area is 138 Å². The molecular formula is C15H17N7S. The summed E-state index contributed by atoms with van der Waals surface area (Å²) in [5.74, 6) is 0.975. The van der Waals surface area contributed by atoms with E-state index in [4.69, 9.17) is 10.7 Å². The largest absolute Gasteiger partial charge is 0.384 e. The highest BCUT2D eigenvalue weighted by Crippen LogP contribution is 2.28. The van der Waals surface area contributed by atoms with E-state index in [-0.39, 0.29) is 0 Å². The van der Waals surface area contributed by atoms with Gasteiger partial charge in [-0.3, -0.25) is 0 Å². The van der Waals surface area contributed by atoms with Gasteiger partial charge < -0.3 is 11.1 Å². The normalized spacial score (nSPS) is 18.4. The van der Waals surface area contributed by atoms with Gasteiger partial charge >= 0.3 is 0 Å². The molecule has 3 aromatic rings. The lowest BCUT2D eigenvalue weighted by Gasteiger charge is -2.22. The number of thiol groups is 1. The molecule has 118 valence electrons. The van der Waals surface area contributed by atoms with Crippen molar-refractivity contribution in [3.05, 3.63) is 30.4 Å². The fraction of sp³-hybridized carbons (Fsp3) is 0.333. The van der Waals surface area contributed by atoms with Crippen molar-refractivity contribution >= 4 is 24.1 Å². The molecule has 8 heteroatoms. The van der Waals surface area contributed by atoms with E-state index in [1.165, 1.54) is 0 Å². The number of rotatable bonds is 2. The molecule has 1 aliphatic rings. The van der Waals surface area contributed by atoms with Gasteiger partial charge in [-0.05, 0) is 19.4 Å². The minimum absolute atomic E-state index is 0.384. The zero-order valence-corrected chi connectivity index (χ0v) is 13.4. The molecule has 0 aliphatic carbocycles. The lowest BCUT2D eigenvalue weighted by Crippen LogP contribution is -2.29. The molecule has 0 aromatic carbocycles. The number of anilines is 1. The number of aromatic nitrogens is 5. The van der Waals surface area contributed by atoms with Gasteiger partial charge in [0.2, 0.25) is 0 Å². The molecule has 4 heterocycles. The van der Waals surface area contributed by atoms with Crippen molar-refractivity contribution in [2.45, 2.75) is 23.9 Å². The van der Waals surface area contributed by atoms with Crippen molar-refractivity contribution in [3.63, 3.8) is 0 Å². The molecule has 0 bridgehead atoms. The number of piperidine rings is 1. The standard InChI is InChI=1S/C15H17N7S/c16-13-4-12(9-2-1-3-17-5-9)21-14-11(8-20-22(13)14)10-6-18-15(23)19-7-10/h4,6-9,17H,1-3,5,16H2,(H,18,19,23). The summed E-state index contributed by atoms with van der Waals surface area (Å²) in [4.78, 5) is 13.1. The quantitative estimate of drug-likeness (QED) is 0.488. The van der Waals surface area contributed by atoms with Crippen LogP contribution in [0.15, 0.2) is 29.8 Å². The summed E-state index contributed by atoms with van der Waals surface area (Å²) in [5.41, 5.74) is 9.64. The fourth-order valence-electron chi connectivity index (χ4n) is 2.98. The Kier molecular flexibility index (Phi) is 3.62. The van der Waals surface area contributed by atoms with Gasteiger partial charge in [0.15, 0.2) is 10.8 Å². The maximum Gasteiger partial charge on any atom is 0.184 e. The van der Waals surface area contributed by atoms with Crippen LogP contribution in [0.2, 0.25) is 0 Å². The van der Waals surface area contributed by atoms with Crippen molar-refractivity contribution in [2.75, 3.05) is 18.8 Å². The predicted molar refractivity (Wildman–Crippen MR) is 90.5 cm³/mol. The molecule has 7 nitrogen and oxygen atoms in total. The van der Waals surface area contributed by atoms with E-state index in [0.717, 1.165) is 48.4 Å². The Morgan fingerprint density at radius 1 is 1.26 bits per heavy atom. The second-order valence-electron chi connectivity index (χ2n) is 5.71. The Hall–Kier alpha value is -2.19. The summed E-state index contributed by atoms with van der Waals surface area (Å²) in [7, 11) is 0. The highest BCUT2D eigenvalue weighted by Gasteiger charge is 2.20. The van der Waals surface area contributed by atoms with Crippen molar-refractivity contribution in [1.82, 2.24) is 29.9 Å². The van der Waals surface area contributed by atoms with Crippen molar-refractivity contribution in [1.29, 1.82) is 0 Å². The molecule has 0 radical (unpaired) electrons. The average Bonchev–Trinajstić information content (AvgIpc) is 3.01. The summed E-state index contributed by atoms with van der Waals surface area (Å²) < 4.78 is 1.66. The van der Waals surface area contributed by atoms with E-state index < -0.39 is 0 Å². The van der Waals surface area contributed by atoms with Gasteiger partial charge in [-0.2, -0.15) is 9.61 Å². The zero-order chi connectivity index (χ0) is 15.8. The number of hydrogen-bond donors (Lipinski definition) is 3. The van der Waals surface area contributed by atoms with Crippen LogP contribution in [0.5, 0.6) is 0 Å². The monoisotopic (exact) mass is 327 g/mol. The first-order valence-corrected chi connectivity index (χ1v) is 8.03. The molecular weight excluding hydrogens is 310 g/mol. The zero-order valence-electron chi connectivity index (χ0n) is 12.5. The summed E-state index contributed by atoms with van der Waals surface area (Å²) in [6.07, 6.45) is 7.47. The summed E-state index contributed by atoms with van der Waals surface area (Å²) in [6, 6.07) is 1.93. The van der Waals surface area contributed by atoms with E-state index in [0.29, 0.717) is 16.9 Å². The summed E-state index contributed by atoms with van der Waals surface area (Å²) in [5, 5.41) is 8.19. The van der Waals surface area contributed by atoms with Gasteiger partial charge in [-0.1, -0.05) is 0 Å². The highest BCUT2D eigenvalue weighted by atomic mass is 32.1. The third-order valence-electron chi connectivity index (χ3n) is 4.18. The van der Waals surface area contributed by atoms with Crippen LogP contribution in [0, 0.1) is 0 Å². The molecule has 1 atom stereocenters. The smallest absolute Gasteiger partial charge is 0.184 e. The lowest BCUT2D eigenvalue weighted by atomic mass is 9.96. The van der Waals surface area contributed by atoms with Crippen LogP contribution in [0.4, 0.5) is 5.82 Å². The first-order valence-electron chi connectivity index (χ1n) is 7.58. The van der Waals surface area contributed by atoms with Crippen LogP contribution in [-0.2, 0) is 0 Å². The van der Waals surface area contributed by atoms with E-state index in [2.05, 4.69) is 33.0 Å². The average molecular weight is 327 g/mol. The molecule has 1 unspecified atom stereocenters. The molecule has 4 rings (SSSR count).